The highest BCUT2D eigenvalue weighted by Gasteiger charge is 2.42. The monoisotopic (exact) mass is 592 g/mol. The summed E-state index contributed by atoms with van der Waals surface area (Å²) in [5, 5.41) is 3.38. The predicted molar refractivity (Wildman–Crippen MR) is 173 cm³/mol. The van der Waals surface area contributed by atoms with E-state index < -0.39 is 0 Å². The Morgan fingerprint density at radius 2 is 1.73 bits per heavy atom. The Morgan fingerprint density at radius 1 is 0.977 bits per heavy atom. The van der Waals surface area contributed by atoms with E-state index in [4.69, 9.17) is 9.97 Å². The summed E-state index contributed by atoms with van der Waals surface area (Å²) in [4.78, 5) is 47.1. The minimum atomic E-state index is -0.152. The van der Waals surface area contributed by atoms with Crippen molar-refractivity contribution < 1.29 is 9.59 Å². The van der Waals surface area contributed by atoms with E-state index in [1.807, 2.05) is 40.3 Å². The number of hydrogen-bond acceptors (Lipinski definition) is 7. The molecule has 4 aliphatic rings. The van der Waals surface area contributed by atoms with Gasteiger partial charge in [0.1, 0.15) is 5.82 Å². The van der Waals surface area contributed by atoms with Crippen molar-refractivity contribution >= 4 is 40.8 Å². The molecule has 0 spiro atoms. The van der Waals surface area contributed by atoms with Crippen molar-refractivity contribution in [2.45, 2.75) is 50.7 Å². The van der Waals surface area contributed by atoms with Crippen LogP contribution in [0, 0.1) is 0 Å². The van der Waals surface area contributed by atoms with Crippen molar-refractivity contribution in [3.05, 3.63) is 78.5 Å². The van der Waals surface area contributed by atoms with Gasteiger partial charge in [-0.05, 0) is 68.3 Å². The van der Waals surface area contributed by atoms with Crippen LogP contribution in [-0.4, -0.2) is 77.5 Å². The molecule has 0 bridgehead atoms. The van der Waals surface area contributed by atoms with Gasteiger partial charge in [-0.3, -0.25) is 9.69 Å². The topological polar surface area (TPSA) is 88.2 Å². The van der Waals surface area contributed by atoms with Gasteiger partial charge in [0.25, 0.3) is 0 Å². The van der Waals surface area contributed by atoms with E-state index in [9.17, 15) is 9.59 Å². The molecule has 1 N–H and O–H groups in total. The van der Waals surface area contributed by atoms with Gasteiger partial charge in [0, 0.05) is 67.6 Å². The van der Waals surface area contributed by atoms with Gasteiger partial charge in [0.15, 0.2) is 0 Å². The molecule has 10 nitrogen and oxygen atoms in total. The molecular weight excluding hydrogens is 552 g/mol. The van der Waals surface area contributed by atoms with Crippen LogP contribution in [0.5, 0.6) is 0 Å². The van der Waals surface area contributed by atoms with Crippen LogP contribution in [0.1, 0.15) is 49.3 Å². The quantitative estimate of drug-likeness (QED) is 0.388. The largest absolute Gasteiger partial charge is 0.369 e. The summed E-state index contributed by atoms with van der Waals surface area (Å²) in [6, 6.07) is 16.3. The van der Waals surface area contributed by atoms with Crippen molar-refractivity contribution in [3.63, 3.8) is 0 Å². The van der Waals surface area contributed by atoms with E-state index in [1.54, 1.807) is 4.90 Å². The number of carbonyl (C=O) groups excluding carboxylic acids is 2. The Kier molecular flexibility index (Phi) is 7.68. The van der Waals surface area contributed by atoms with E-state index in [-0.39, 0.29) is 24.0 Å². The van der Waals surface area contributed by atoms with Crippen molar-refractivity contribution in [2.24, 2.45) is 0 Å². The van der Waals surface area contributed by atoms with Gasteiger partial charge in [-0.1, -0.05) is 37.6 Å². The van der Waals surface area contributed by atoms with E-state index in [1.165, 1.54) is 11.8 Å². The van der Waals surface area contributed by atoms with Crippen LogP contribution < -0.4 is 20.0 Å². The average Bonchev–Trinajstić information content (AvgIpc) is 3.59. The molecule has 1 aliphatic carbocycles. The highest BCUT2D eigenvalue weighted by molar-refractivity contribution is 6.02. The smallest absolute Gasteiger partial charge is 0.326 e. The van der Waals surface area contributed by atoms with Crippen LogP contribution in [0.15, 0.2) is 67.4 Å². The Hall–Kier alpha value is -4.44. The molecule has 3 aromatic rings. The number of benzene rings is 2. The van der Waals surface area contributed by atoms with Crippen LogP contribution in [0.25, 0.3) is 0 Å². The zero-order valence-electron chi connectivity index (χ0n) is 25.4. The van der Waals surface area contributed by atoms with E-state index in [0.29, 0.717) is 31.3 Å². The molecule has 1 unspecified atom stereocenters. The maximum absolute atomic E-state index is 14.4. The number of rotatable bonds is 6. The second-order valence-corrected chi connectivity index (χ2v) is 12.3. The Labute approximate surface area is 259 Å². The fraction of sp³-hybridized carbons (Fsp3) is 0.412. The molecule has 2 fully saturated rings. The highest BCUT2D eigenvalue weighted by Crippen LogP contribution is 2.43. The summed E-state index contributed by atoms with van der Waals surface area (Å²) in [6.45, 7) is 8.82. The maximum Gasteiger partial charge on any atom is 0.326 e. The van der Waals surface area contributed by atoms with Crippen LogP contribution >= 0.6 is 0 Å². The number of carbonyl (C=O) groups is 2. The normalized spacial score (nSPS) is 20.8. The number of para-hydroxylation sites is 1. The molecule has 228 valence electrons. The first-order chi connectivity index (χ1) is 21.5. The third-order valence-electron chi connectivity index (χ3n) is 9.57. The van der Waals surface area contributed by atoms with Crippen molar-refractivity contribution in [1.29, 1.82) is 0 Å². The van der Waals surface area contributed by atoms with E-state index in [0.717, 1.165) is 74.4 Å². The molecule has 1 aromatic heterocycles. The average molecular weight is 593 g/mol. The first-order valence-corrected chi connectivity index (χ1v) is 15.8. The van der Waals surface area contributed by atoms with Crippen LogP contribution in [0.3, 0.4) is 0 Å². The molecule has 1 saturated carbocycles. The molecular formula is C34H40N8O2. The molecule has 7 rings (SSSR count). The van der Waals surface area contributed by atoms with Crippen molar-refractivity contribution in [2.75, 3.05) is 59.8 Å². The third-order valence-corrected chi connectivity index (χ3v) is 9.57. The standard InChI is InChI=1S/C34H40N8O2/c1-3-31(43)40-17-16-30(28-10-6-7-11-29(28)40)41-23-24-22-35-33(37-32(24)42(34(41)44)27-8-4-5-9-27)36-25-12-14-26(15-13-25)39-20-18-38(2)19-21-39/h3,6-7,10-15,22,27,30H,1,4-5,8-9,16-21,23H2,2H3,(H,35,36,37). The number of nitrogens with zero attached hydrogens (tertiary/aromatic N) is 7. The maximum atomic E-state index is 14.4. The zero-order chi connectivity index (χ0) is 30.2. The van der Waals surface area contributed by atoms with Gasteiger partial charge in [0.2, 0.25) is 11.9 Å². The van der Waals surface area contributed by atoms with Crippen LogP contribution in [0.4, 0.5) is 33.6 Å². The van der Waals surface area contributed by atoms with Gasteiger partial charge >= 0.3 is 6.03 Å². The number of nitrogens with one attached hydrogen (secondary N) is 1. The number of amides is 3. The number of fused-ring (bicyclic) bond motifs is 2. The molecule has 44 heavy (non-hydrogen) atoms. The number of piperazine rings is 1. The van der Waals surface area contributed by atoms with Crippen LogP contribution in [-0.2, 0) is 11.3 Å². The molecule has 0 radical (unpaired) electrons. The summed E-state index contributed by atoms with van der Waals surface area (Å²) in [5.74, 6) is 1.07. The van der Waals surface area contributed by atoms with Gasteiger partial charge in [-0.2, -0.15) is 4.98 Å². The fourth-order valence-corrected chi connectivity index (χ4v) is 7.15. The summed E-state index contributed by atoms with van der Waals surface area (Å²) >= 11 is 0. The highest BCUT2D eigenvalue weighted by atomic mass is 16.2. The zero-order valence-corrected chi connectivity index (χ0v) is 25.4. The number of anilines is 5. The Morgan fingerprint density at radius 3 is 2.48 bits per heavy atom. The lowest BCUT2D eigenvalue weighted by Crippen LogP contribution is -2.53. The van der Waals surface area contributed by atoms with E-state index in [2.05, 4.69) is 53.0 Å². The van der Waals surface area contributed by atoms with Crippen LogP contribution in [0.2, 0.25) is 0 Å². The molecule has 1 atom stereocenters. The minimum Gasteiger partial charge on any atom is -0.369 e. The molecule has 4 heterocycles. The first kappa shape index (κ1) is 28.3. The molecule has 10 heteroatoms. The lowest BCUT2D eigenvalue weighted by molar-refractivity contribution is -0.114. The van der Waals surface area contributed by atoms with E-state index >= 15 is 0 Å². The summed E-state index contributed by atoms with van der Waals surface area (Å²) in [5.41, 5.74) is 4.89. The number of urea groups is 1. The predicted octanol–water partition coefficient (Wildman–Crippen LogP) is 5.32. The summed E-state index contributed by atoms with van der Waals surface area (Å²) in [7, 11) is 2.16. The van der Waals surface area contributed by atoms with Gasteiger partial charge < -0.3 is 24.9 Å². The molecule has 3 aliphatic heterocycles. The molecule has 3 amide bonds. The second kappa shape index (κ2) is 11.9. The van der Waals surface area contributed by atoms with Crippen molar-refractivity contribution in [3.8, 4) is 0 Å². The summed E-state index contributed by atoms with van der Waals surface area (Å²) in [6.07, 6.45) is 8.00. The van der Waals surface area contributed by atoms with Gasteiger partial charge in [0.05, 0.1) is 12.6 Å². The Bertz CT molecular complexity index is 1550. The first-order valence-electron chi connectivity index (χ1n) is 15.8. The van der Waals surface area contributed by atoms with Gasteiger partial charge in [-0.15, -0.1) is 0 Å². The second-order valence-electron chi connectivity index (χ2n) is 12.3. The SMILES string of the molecule is C=CC(=O)N1CCC(N2Cc3cnc(Nc4ccc(N5CCN(C)CC5)cc4)nc3N(C3CCCC3)C2=O)c2ccccc21. The lowest BCUT2D eigenvalue weighted by Gasteiger charge is -2.45. The third kappa shape index (κ3) is 5.27. The number of hydrogen-bond donors (Lipinski definition) is 1. The number of likely N-dealkylation sites (N-methyl/N-ethyl adjacent to an activating group) is 1. The molecule has 1 saturated heterocycles. The minimum absolute atomic E-state index is 0.0196. The number of aromatic nitrogens is 2. The fourth-order valence-electron chi connectivity index (χ4n) is 7.15. The Balaban J connectivity index is 1.16. The van der Waals surface area contributed by atoms with Crippen molar-refractivity contribution in [1.82, 2.24) is 19.8 Å². The molecule has 2 aromatic carbocycles. The summed E-state index contributed by atoms with van der Waals surface area (Å²) < 4.78 is 0. The van der Waals surface area contributed by atoms with Gasteiger partial charge in [-0.25, -0.2) is 9.78 Å². The lowest BCUT2D eigenvalue weighted by atomic mass is 9.93.